The Morgan fingerprint density at radius 1 is 1.29 bits per heavy atom. The molecule has 10 heteroatoms. The molecule has 1 aromatic heterocycles. The molecule has 154 valence electrons. The van der Waals surface area contributed by atoms with E-state index in [1.54, 1.807) is 0 Å². The number of anilines is 2. The number of amides is 2. The third-order valence-corrected chi connectivity index (χ3v) is 5.32. The molecule has 0 bridgehead atoms. The molecule has 0 spiro atoms. The molecular weight excluding hydrogens is 362 g/mol. The molecule has 0 aliphatic heterocycles. The average Bonchev–Trinajstić information content (AvgIpc) is 3.37. The molecule has 1 aromatic rings. The van der Waals surface area contributed by atoms with Gasteiger partial charge >= 0.3 is 0 Å². The van der Waals surface area contributed by atoms with Crippen LogP contribution in [0.1, 0.15) is 57.7 Å². The Morgan fingerprint density at radius 2 is 2.00 bits per heavy atom. The van der Waals surface area contributed by atoms with E-state index in [-0.39, 0.29) is 12.5 Å². The maximum absolute atomic E-state index is 13.1. The van der Waals surface area contributed by atoms with Crippen molar-refractivity contribution in [3.05, 3.63) is 5.82 Å². The summed E-state index contributed by atoms with van der Waals surface area (Å²) in [6.07, 6.45) is 7.93. The summed E-state index contributed by atoms with van der Waals surface area (Å²) in [6.45, 7) is 1.81. The quantitative estimate of drug-likeness (QED) is 0.178. The molecule has 10 nitrogen and oxygen atoms in total. The minimum Gasteiger partial charge on any atom is -0.351 e. The number of rotatable bonds is 10. The van der Waals surface area contributed by atoms with Crippen LogP contribution in [0.2, 0.25) is 0 Å². The number of hydrogen-bond acceptors (Lipinski definition) is 8. The van der Waals surface area contributed by atoms with E-state index in [0.29, 0.717) is 48.0 Å². The molecule has 2 amide bonds. The zero-order valence-corrected chi connectivity index (χ0v) is 16.3. The summed E-state index contributed by atoms with van der Waals surface area (Å²) in [5.74, 6) is 6.47. The summed E-state index contributed by atoms with van der Waals surface area (Å²) in [4.78, 5) is 36.8. The Morgan fingerprint density at radius 3 is 2.61 bits per heavy atom. The van der Waals surface area contributed by atoms with Crippen molar-refractivity contribution in [3.8, 4) is 0 Å². The van der Waals surface area contributed by atoms with Crippen LogP contribution in [-0.2, 0) is 16.0 Å². The lowest BCUT2D eigenvalue weighted by atomic mass is 9.92. The second-order valence-electron chi connectivity index (χ2n) is 7.67. The van der Waals surface area contributed by atoms with E-state index in [1.165, 1.54) is 0 Å². The second kappa shape index (κ2) is 9.24. The summed E-state index contributed by atoms with van der Waals surface area (Å²) in [7, 11) is 0. The van der Waals surface area contributed by atoms with Gasteiger partial charge in [-0.1, -0.05) is 32.6 Å². The van der Waals surface area contributed by atoms with Gasteiger partial charge in [0.15, 0.2) is 0 Å². The number of nitrogens with one attached hydrogen (secondary N) is 1. The van der Waals surface area contributed by atoms with Crippen molar-refractivity contribution in [2.45, 2.75) is 64.3 Å². The van der Waals surface area contributed by atoms with Crippen molar-refractivity contribution in [1.82, 2.24) is 20.0 Å². The maximum atomic E-state index is 13.1. The summed E-state index contributed by atoms with van der Waals surface area (Å²) in [5.41, 5.74) is 0. The van der Waals surface area contributed by atoms with Crippen molar-refractivity contribution in [3.63, 3.8) is 0 Å². The molecule has 0 radical (unpaired) electrons. The predicted octanol–water partition coefficient (Wildman–Crippen LogP) is 1.26. The highest BCUT2D eigenvalue weighted by molar-refractivity contribution is 5.92. The molecule has 0 aromatic carbocycles. The standard InChI is InChI=1S/C18H29N7O3/c1-2-15-21-17(20-14-7-8-14)23-18(22-15)25(19)16(27)13(10-24(28)11-26)9-12-5-3-4-6-12/h11-14,28H,2-10,19H2,1H3,(H,20,21,22,23)/t13-/m0/s1. The van der Waals surface area contributed by atoms with Crippen LogP contribution in [0.15, 0.2) is 0 Å². The van der Waals surface area contributed by atoms with E-state index in [4.69, 9.17) is 5.84 Å². The molecular formula is C18H29N7O3. The van der Waals surface area contributed by atoms with Crippen LogP contribution in [-0.4, -0.2) is 50.1 Å². The van der Waals surface area contributed by atoms with Gasteiger partial charge in [0.1, 0.15) is 5.82 Å². The number of hydrogen-bond donors (Lipinski definition) is 3. The highest BCUT2D eigenvalue weighted by Gasteiger charge is 2.31. The number of aromatic nitrogens is 3. The molecule has 2 aliphatic rings. The molecule has 0 unspecified atom stereocenters. The Balaban J connectivity index is 1.77. The van der Waals surface area contributed by atoms with Crippen molar-refractivity contribution in [2.24, 2.45) is 17.7 Å². The largest absolute Gasteiger partial charge is 0.351 e. The SMILES string of the molecule is CCc1nc(NC2CC2)nc(N(N)C(=O)[C@@H](CC2CCCC2)CN(O)C=O)n1. The average molecular weight is 391 g/mol. The third-order valence-electron chi connectivity index (χ3n) is 5.32. The Bertz CT molecular complexity index is 692. The lowest BCUT2D eigenvalue weighted by molar-refractivity contribution is -0.154. The fourth-order valence-corrected chi connectivity index (χ4v) is 3.61. The van der Waals surface area contributed by atoms with Gasteiger partial charge in [-0.2, -0.15) is 15.0 Å². The number of nitrogens with zero attached hydrogens (tertiary/aromatic N) is 5. The first kappa shape index (κ1) is 20.4. The van der Waals surface area contributed by atoms with E-state index in [9.17, 15) is 14.8 Å². The summed E-state index contributed by atoms with van der Waals surface area (Å²) in [5, 5.41) is 14.3. The molecule has 1 atom stereocenters. The van der Waals surface area contributed by atoms with Crippen LogP contribution in [0.4, 0.5) is 11.9 Å². The van der Waals surface area contributed by atoms with Crippen LogP contribution in [0.3, 0.4) is 0 Å². The van der Waals surface area contributed by atoms with Crippen LogP contribution < -0.4 is 16.2 Å². The topological polar surface area (TPSA) is 138 Å². The van der Waals surface area contributed by atoms with Gasteiger partial charge in [0, 0.05) is 12.5 Å². The Labute approximate surface area is 164 Å². The minimum absolute atomic E-state index is 0.0759. The zero-order chi connectivity index (χ0) is 20.1. The molecule has 2 aliphatic carbocycles. The van der Waals surface area contributed by atoms with Crippen molar-refractivity contribution < 1.29 is 14.8 Å². The smallest absolute Gasteiger partial charge is 0.252 e. The van der Waals surface area contributed by atoms with Crippen molar-refractivity contribution in [2.75, 3.05) is 16.9 Å². The molecule has 2 fully saturated rings. The monoisotopic (exact) mass is 391 g/mol. The number of hydroxylamine groups is 2. The van der Waals surface area contributed by atoms with Crippen molar-refractivity contribution >= 4 is 24.2 Å². The third kappa shape index (κ3) is 5.35. The highest BCUT2D eigenvalue weighted by atomic mass is 16.5. The first-order chi connectivity index (χ1) is 13.5. The van der Waals surface area contributed by atoms with Gasteiger partial charge in [0.05, 0.1) is 12.5 Å². The zero-order valence-electron chi connectivity index (χ0n) is 16.3. The van der Waals surface area contributed by atoms with Crippen LogP contribution >= 0.6 is 0 Å². The van der Waals surface area contributed by atoms with E-state index in [0.717, 1.165) is 43.5 Å². The second-order valence-corrected chi connectivity index (χ2v) is 7.67. The van der Waals surface area contributed by atoms with E-state index < -0.39 is 11.8 Å². The lowest BCUT2D eigenvalue weighted by Crippen LogP contribution is -2.46. The van der Waals surface area contributed by atoms with Gasteiger partial charge in [-0.05, 0) is 25.2 Å². The van der Waals surface area contributed by atoms with Gasteiger partial charge in [0.25, 0.3) is 5.95 Å². The minimum atomic E-state index is -0.620. The van der Waals surface area contributed by atoms with Gasteiger partial charge in [-0.15, -0.1) is 0 Å². The van der Waals surface area contributed by atoms with Gasteiger partial charge in [0.2, 0.25) is 18.3 Å². The maximum Gasteiger partial charge on any atom is 0.252 e. The number of aryl methyl sites for hydroxylation is 1. The number of hydrazine groups is 1. The number of carbonyl (C=O) groups excluding carboxylic acids is 2. The van der Waals surface area contributed by atoms with Gasteiger partial charge < -0.3 is 5.32 Å². The Hall–Kier alpha value is -2.33. The van der Waals surface area contributed by atoms with Crippen LogP contribution in [0, 0.1) is 11.8 Å². The number of carbonyl (C=O) groups is 2. The molecule has 0 saturated heterocycles. The Kier molecular flexibility index (Phi) is 6.74. The van der Waals surface area contributed by atoms with Gasteiger partial charge in [-0.25, -0.2) is 15.9 Å². The predicted molar refractivity (Wildman–Crippen MR) is 102 cm³/mol. The molecule has 1 heterocycles. The number of nitrogens with two attached hydrogens (primary N) is 1. The van der Waals surface area contributed by atoms with E-state index in [2.05, 4.69) is 20.3 Å². The summed E-state index contributed by atoms with van der Waals surface area (Å²) in [6, 6.07) is 0.354. The summed E-state index contributed by atoms with van der Waals surface area (Å²) < 4.78 is 0. The molecule has 28 heavy (non-hydrogen) atoms. The highest BCUT2D eigenvalue weighted by Crippen LogP contribution is 2.31. The van der Waals surface area contributed by atoms with E-state index in [1.807, 2.05) is 6.92 Å². The first-order valence-electron chi connectivity index (χ1n) is 10.0. The van der Waals surface area contributed by atoms with Gasteiger partial charge in [-0.3, -0.25) is 14.8 Å². The summed E-state index contributed by atoms with van der Waals surface area (Å²) >= 11 is 0. The van der Waals surface area contributed by atoms with Crippen molar-refractivity contribution in [1.29, 1.82) is 0 Å². The lowest BCUT2D eigenvalue weighted by Gasteiger charge is -2.25. The first-order valence-corrected chi connectivity index (χ1v) is 10.0. The van der Waals surface area contributed by atoms with Crippen LogP contribution in [0.5, 0.6) is 0 Å². The molecule has 2 saturated carbocycles. The molecule has 4 N–H and O–H groups in total. The molecule has 3 rings (SSSR count). The van der Waals surface area contributed by atoms with E-state index >= 15 is 0 Å². The fourth-order valence-electron chi connectivity index (χ4n) is 3.61. The fraction of sp³-hybridized carbons (Fsp3) is 0.722. The van der Waals surface area contributed by atoms with Crippen LogP contribution in [0.25, 0.3) is 0 Å². The normalized spacial score (nSPS) is 18.0.